The van der Waals surface area contributed by atoms with E-state index in [9.17, 15) is 0 Å². The van der Waals surface area contributed by atoms with E-state index in [-0.39, 0.29) is 0 Å². The van der Waals surface area contributed by atoms with Gasteiger partial charge in [-0.1, -0.05) is 89.4 Å². The quantitative estimate of drug-likeness (QED) is 0.236. The molecule has 2 heterocycles. The molecule has 0 saturated carbocycles. The Morgan fingerprint density at radius 2 is 1.62 bits per heavy atom. The van der Waals surface area contributed by atoms with Crippen LogP contribution in [0.4, 0.5) is 10.3 Å². The van der Waals surface area contributed by atoms with Crippen LogP contribution in [0.1, 0.15) is 29.2 Å². The molecule has 0 spiro atoms. The molecule has 7 heteroatoms. The molecule has 1 aliphatic rings. The molecule has 0 bridgehead atoms. The van der Waals surface area contributed by atoms with Crippen LogP contribution in [0.5, 0.6) is 0 Å². The molecular formula is C30H21Cl2FN4. The van der Waals surface area contributed by atoms with E-state index in [2.05, 4.69) is 0 Å². The minimum Gasteiger partial charge on any atom is -0.223 e. The highest BCUT2D eigenvalue weighted by atomic mass is 35.5. The molecule has 5 aromatic rings. The van der Waals surface area contributed by atoms with Crippen LogP contribution in [0.15, 0.2) is 96.1 Å². The molecule has 0 N–H and O–H groups in total. The summed E-state index contributed by atoms with van der Waals surface area (Å²) in [5.74, 6) is -0.0289. The van der Waals surface area contributed by atoms with Crippen molar-refractivity contribution in [3.8, 4) is 11.3 Å². The first-order valence-corrected chi connectivity index (χ1v) is 12.6. The van der Waals surface area contributed by atoms with Crippen molar-refractivity contribution in [2.75, 3.05) is 5.01 Å². The molecule has 6 rings (SSSR count). The van der Waals surface area contributed by atoms with Gasteiger partial charge >= 0.3 is 0 Å². The number of fused-ring (bicyclic) bond motifs is 1. The maximum atomic E-state index is 15.2. The number of benzene rings is 4. The number of hydrazone groups is 1. The lowest BCUT2D eigenvalue weighted by Gasteiger charge is -2.24. The zero-order valence-electron chi connectivity index (χ0n) is 19.9. The van der Waals surface area contributed by atoms with E-state index < -0.39 is 11.9 Å². The van der Waals surface area contributed by atoms with Gasteiger partial charge in [-0.3, -0.25) is 0 Å². The Morgan fingerprint density at radius 1 is 0.838 bits per heavy atom. The van der Waals surface area contributed by atoms with E-state index in [0.717, 1.165) is 33.5 Å². The lowest BCUT2D eigenvalue weighted by molar-refractivity contribution is 0.576. The molecule has 0 unspecified atom stereocenters. The molecule has 1 aromatic heterocycles. The van der Waals surface area contributed by atoms with Crippen molar-refractivity contribution in [1.82, 2.24) is 9.97 Å². The fraction of sp³-hybridized carbons (Fsp3) is 0.100. The molecule has 0 amide bonds. The third-order valence-corrected chi connectivity index (χ3v) is 7.09. The molecule has 0 saturated heterocycles. The topological polar surface area (TPSA) is 41.4 Å². The van der Waals surface area contributed by atoms with Gasteiger partial charge in [-0.2, -0.15) is 5.10 Å². The molecule has 37 heavy (non-hydrogen) atoms. The van der Waals surface area contributed by atoms with Gasteiger partial charge in [0.1, 0.15) is 5.82 Å². The van der Waals surface area contributed by atoms with E-state index in [1.54, 1.807) is 23.2 Å². The summed E-state index contributed by atoms with van der Waals surface area (Å²) in [6.45, 7) is 2.04. The molecule has 0 aliphatic carbocycles. The number of aromatic nitrogens is 2. The molecule has 182 valence electrons. The summed E-state index contributed by atoms with van der Waals surface area (Å²) in [4.78, 5) is 9.80. The van der Waals surface area contributed by atoms with Gasteiger partial charge in [-0.15, -0.1) is 0 Å². The zero-order chi connectivity index (χ0) is 25.5. The Morgan fingerprint density at radius 3 is 2.38 bits per heavy atom. The standard InChI is InChI=1S/C30H21Cl2FN4/c1-18-10-12-19(13-11-18)26-17-27(28-23(32)8-5-9-24(28)33)37(36-26)30-34-25-15-14-21(31)16-22(25)29(35-30)20-6-3-2-4-7-20/h2-16,27H,17H2,1H3/t27-/m1/s1. The summed E-state index contributed by atoms with van der Waals surface area (Å²) in [6, 6.07) is 27.7. The second-order valence-electron chi connectivity index (χ2n) is 9.01. The van der Waals surface area contributed by atoms with Crippen LogP contribution in [0, 0.1) is 12.7 Å². The van der Waals surface area contributed by atoms with Crippen molar-refractivity contribution >= 4 is 45.8 Å². The highest BCUT2D eigenvalue weighted by Crippen LogP contribution is 2.41. The lowest BCUT2D eigenvalue weighted by atomic mass is 9.97. The average molecular weight is 527 g/mol. The molecule has 1 aliphatic heterocycles. The second kappa shape index (κ2) is 9.58. The monoisotopic (exact) mass is 526 g/mol. The Balaban J connectivity index is 1.57. The molecule has 4 nitrogen and oxygen atoms in total. The van der Waals surface area contributed by atoms with Gasteiger partial charge in [-0.05, 0) is 42.8 Å². The SMILES string of the molecule is Cc1ccc(C2=NN(c3nc(-c4ccccc4)c4cc(Cl)ccc4n3)[C@@H](c3c(F)cccc3Cl)C2)cc1. The summed E-state index contributed by atoms with van der Waals surface area (Å²) < 4.78 is 15.2. The number of halogens is 3. The molecule has 0 fully saturated rings. The maximum absolute atomic E-state index is 15.2. The predicted octanol–water partition coefficient (Wildman–Crippen LogP) is 8.41. The minimum absolute atomic E-state index is 0.339. The number of hydrogen-bond donors (Lipinski definition) is 0. The number of rotatable bonds is 4. The Kier molecular flexibility index (Phi) is 6.11. The molecule has 0 radical (unpaired) electrons. The van der Waals surface area contributed by atoms with Crippen molar-refractivity contribution in [2.24, 2.45) is 5.10 Å². The van der Waals surface area contributed by atoms with Crippen LogP contribution in [-0.2, 0) is 0 Å². The first-order chi connectivity index (χ1) is 18.0. The fourth-order valence-corrected chi connectivity index (χ4v) is 5.14. The number of hydrogen-bond acceptors (Lipinski definition) is 4. The first kappa shape index (κ1) is 23.6. The van der Waals surface area contributed by atoms with E-state index in [4.69, 9.17) is 38.3 Å². The van der Waals surface area contributed by atoms with Gasteiger partial charge in [0.15, 0.2) is 0 Å². The number of nitrogens with zero attached hydrogens (tertiary/aromatic N) is 4. The van der Waals surface area contributed by atoms with Gasteiger partial charge in [0, 0.05) is 33.0 Å². The van der Waals surface area contributed by atoms with Gasteiger partial charge < -0.3 is 0 Å². The van der Waals surface area contributed by atoms with Crippen LogP contribution in [0.25, 0.3) is 22.2 Å². The number of anilines is 1. The molecule has 1 atom stereocenters. The van der Waals surface area contributed by atoms with Gasteiger partial charge in [-0.25, -0.2) is 19.4 Å². The summed E-state index contributed by atoms with van der Waals surface area (Å²) in [5, 5.41) is 8.38. The summed E-state index contributed by atoms with van der Waals surface area (Å²) in [5.41, 5.74) is 5.65. The Bertz CT molecular complexity index is 1630. The van der Waals surface area contributed by atoms with E-state index in [1.807, 2.05) is 73.7 Å². The summed E-state index contributed by atoms with van der Waals surface area (Å²) >= 11 is 12.9. The van der Waals surface area contributed by atoms with Gasteiger partial charge in [0.25, 0.3) is 0 Å². The summed E-state index contributed by atoms with van der Waals surface area (Å²) in [6.07, 6.45) is 0.451. The van der Waals surface area contributed by atoms with Crippen LogP contribution < -0.4 is 5.01 Å². The van der Waals surface area contributed by atoms with Crippen LogP contribution in [0.2, 0.25) is 10.0 Å². The van der Waals surface area contributed by atoms with Crippen LogP contribution in [0.3, 0.4) is 0 Å². The Labute approximate surface area is 224 Å². The van der Waals surface area contributed by atoms with Crippen molar-refractivity contribution in [2.45, 2.75) is 19.4 Å². The third-order valence-electron chi connectivity index (χ3n) is 6.53. The average Bonchev–Trinajstić information content (AvgIpc) is 3.34. The molecular weight excluding hydrogens is 506 g/mol. The zero-order valence-corrected chi connectivity index (χ0v) is 21.4. The highest BCUT2D eigenvalue weighted by molar-refractivity contribution is 6.31. The fourth-order valence-electron chi connectivity index (χ4n) is 4.68. The van der Waals surface area contributed by atoms with Crippen LogP contribution in [-0.4, -0.2) is 15.7 Å². The van der Waals surface area contributed by atoms with Crippen molar-refractivity contribution < 1.29 is 4.39 Å². The Hall–Kier alpha value is -3.80. The van der Waals surface area contributed by atoms with Gasteiger partial charge in [0.2, 0.25) is 5.95 Å². The van der Waals surface area contributed by atoms with E-state index >= 15 is 4.39 Å². The van der Waals surface area contributed by atoms with Crippen LogP contribution >= 0.6 is 23.2 Å². The maximum Gasteiger partial charge on any atom is 0.247 e. The lowest BCUT2D eigenvalue weighted by Crippen LogP contribution is -2.22. The van der Waals surface area contributed by atoms with Gasteiger partial charge in [0.05, 0.1) is 23.0 Å². The van der Waals surface area contributed by atoms with Crippen molar-refractivity contribution in [3.63, 3.8) is 0 Å². The van der Waals surface area contributed by atoms with E-state index in [1.165, 1.54) is 6.07 Å². The first-order valence-electron chi connectivity index (χ1n) is 11.9. The smallest absolute Gasteiger partial charge is 0.223 e. The predicted molar refractivity (Wildman–Crippen MR) is 149 cm³/mol. The van der Waals surface area contributed by atoms with Crippen molar-refractivity contribution in [1.29, 1.82) is 0 Å². The molecule has 4 aromatic carbocycles. The second-order valence-corrected chi connectivity index (χ2v) is 9.86. The minimum atomic E-state index is -0.515. The van der Waals surface area contributed by atoms with Crippen molar-refractivity contribution in [3.05, 3.63) is 124 Å². The largest absolute Gasteiger partial charge is 0.247 e. The normalized spacial score (nSPS) is 15.3. The summed E-state index contributed by atoms with van der Waals surface area (Å²) in [7, 11) is 0. The highest BCUT2D eigenvalue weighted by Gasteiger charge is 2.35. The third kappa shape index (κ3) is 4.45. The number of aryl methyl sites for hydroxylation is 1. The van der Waals surface area contributed by atoms with E-state index in [0.29, 0.717) is 33.5 Å².